The van der Waals surface area contributed by atoms with E-state index in [4.69, 9.17) is 0 Å². The SMILES string of the molecule is N#Cc1ccccc1Cn1cc(/C=N\N2C(=O)[C@@H]3[C@@H](C2=O)[C@H]2C=C[C@H]3C2)c2ccccc21. The van der Waals surface area contributed by atoms with Crippen LogP contribution in [0.2, 0.25) is 0 Å². The maximum atomic E-state index is 12.9. The minimum Gasteiger partial charge on any atom is -0.342 e. The summed E-state index contributed by atoms with van der Waals surface area (Å²) < 4.78 is 2.07. The normalized spacial score (nSPS) is 25.9. The second-order valence-corrected chi connectivity index (χ2v) is 8.73. The van der Waals surface area contributed by atoms with Gasteiger partial charge in [-0.25, -0.2) is 0 Å². The molecular weight excluding hydrogens is 400 g/mol. The maximum Gasteiger partial charge on any atom is 0.254 e. The number of hydrogen-bond acceptors (Lipinski definition) is 4. The predicted molar refractivity (Wildman–Crippen MR) is 119 cm³/mol. The number of fused-ring (bicyclic) bond motifs is 6. The van der Waals surface area contributed by atoms with E-state index in [9.17, 15) is 14.9 Å². The van der Waals surface area contributed by atoms with Gasteiger partial charge in [-0.15, -0.1) is 0 Å². The topological polar surface area (TPSA) is 78.5 Å². The monoisotopic (exact) mass is 420 g/mol. The summed E-state index contributed by atoms with van der Waals surface area (Å²) in [7, 11) is 0. The molecule has 1 saturated heterocycles. The number of nitriles is 1. The van der Waals surface area contributed by atoms with Crippen LogP contribution in [-0.2, 0) is 16.1 Å². The van der Waals surface area contributed by atoms with E-state index < -0.39 is 0 Å². The van der Waals surface area contributed by atoms with Crippen molar-refractivity contribution >= 4 is 28.9 Å². The molecular formula is C26H20N4O2. The lowest BCUT2D eigenvalue weighted by molar-refractivity contribution is -0.140. The van der Waals surface area contributed by atoms with Crippen LogP contribution in [0.4, 0.5) is 0 Å². The highest BCUT2D eigenvalue weighted by molar-refractivity contribution is 6.07. The van der Waals surface area contributed by atoms with Crippen LogP contribution in [0.25, 0.3) is 10.9 Å². The number of carbonyl (C=O) groups excluding carboxylic acids is 2. The smallest absolute Gasteiger partial charge is 0.254 e. The summed E-state index contributed by atoms with van der Waals surface area (Å²) in [6.45, 7) is 0.541. The number of allylic oxidation sites excluding steroid dienone is 2. The second-order valence-electron chi connectivity index (χ2n) is 8.73. The summed E-state index contributed by atoms with van der Waals surface area (Å²) in [5.74, 6) is -0.524. The number of imide groups is 1. The summed E-state index contributed by atoms with van der Waals surface area (Å²) in [4.78, 5) is 25.8. The molecule has 2 bridgehead atoms. The van der Waals surface area contributed by atoms with Gasteiger partial charge in [-0.2, -0.15) is 15.4 Å². The fourth-order valence-corrected chi connectivity index (χ4v) is 5.58. The first kappa shape index (κ1) is 18.8. The average molecular weight is 420 g/mol. The summed E-state index contributed by atoms with van der Waals surface area (Å²) in [5.41, 5.74) is 3.40. The van der Waals surface area contributed by atoms with Crippen molar-refractivity contribution in [3.05, 3.63) is 83.6 Å². The van der Waals surface area contributed by atoms with Crippen LogP contribution in [-0.4, -0.2) is 27.6 Å². The van der Waals surface area contributed by atoms with Crippen molar-refractivity contribution in [2.75, 3.05) is 0 Å². The highest BCUT2D eigenvalue weighted by Crippen LogP contribution is 2.52. The summed E-state index contributed by atoms with van der Waals surface area (Å²) >= 11 is 0. The van der Waals surface area contributed by atoms with E-state index >= 15 is 0 Å². The first-order valence-corrected chi connectivity index (χ1v) is 10.8. The molecule has 3 aromatic rings. The van der Waals surface area contributed by atoms with Gasteiger partial charge in [-0.05, 0) is 36.0 Å². The van der Waals surface area contributed by atoms with Crippen molar-refractivity contribution in [3.63, 3.8) is 0 Å². The van der Waals surface area contributed by atoms with Crippen molar-refractivity contribution in [2.45, 2.75) is 13.0 Å². The third kappa shape index (κ3) is 2.68. The van der Waals surface area contributed by atoms with Gasteiger partial charge in [0.2, 0.25) is 0 Å². The molecule has 2 fully saturated rings. The van der Waals surface area contributed by atoms with E-state index in [-0.39, 0.29) is 35.5 Å². The Labute approximate surface area is 185 Å². The van der Waals surface area contributed by atoms with Crippen LogP contribution in [0.15, 0.2) is 72.0 Å². The molecule has 0 spiro atoms. The van der Waals surface area contributed by atoms with Crippen LogP contribution in [0, 0.1) is 35.0 Å². The summed E-state index contributed by atoms with van der Waals surface area (Å²) in [6.07, 6.45) is 8.64. The molecule has 1 aromatic heterocycles. The fraction of sp³-hybridized carbons (Fsp3) is 0.231. The van der Waals surface area contributed by atoms with Gasteiger partial charge < -0.3 is 4.57 Å². The quantitative estimate of drug-likeness (QED) is 0.367. The van der Waals surface area contributed by atoms with Gasteiger partial charge in [-0.3, -0.25) is 9.59 Å². The largest absolute Gasteiger partial charge is 0.342 e. The van der Waals surface area contributed by atoms with Gasteiger partial charge in [0.1, 0.15) is 0 Å². The Kier molecular flexibility index (Phi) is 4.12. The van der Waals surface area contributed by atoms with Crippen molar-refractivity contribution < 1.29 is 9.59 Å². The number of aromatic nitrogens is 1. The van der Waals surface area contributed by atoms with Crippen LogP contribution < -0.4 is 0 Å². The highest BCUT2D eigenvalue weighted by atomic mass is 16.2. The van der Waals surface area contributed by atoms with Gasteiger partial charge in [0.05, 0.1) is 29.7 Å². The Balaban J connectivity index is 1.33. The third-order valence-electron chi connectivity index (χ3n) is 7.06. The van der Waals surface area contributed by atoms with Gasteiger partial charge in [0, 0.05) is 29.2 Å². The van der Waals surface area contributed by atoms with Crippen molar-refractivity contribution in [3.8, 4) is 6.07 Å². The number of benzene rings is 2. The number of nitrogens with zero attached hydrogens (tertiary/aromatic N) is 4. The molecule has 2 aliphatic carbocycles. The van der Waals surface area contributed by atoms with Gasteiger partial charge in [-0.1, -0.05) is 48.6 Å². The van der Waals surface area contributed by atoms with E-state index in [1.807, 2.05) is 54.7 Å². The molecule has 6 nitrogen and oxygen atoms in total. The maximum absolute atomic E-state index is 12.9. The van der Waals surface area contributed by atoms with Crippen molar-refractivity contribution in [2.24, 2.45) is 28.8 Å². The highest BCUT2D eigenvalue weighted by Gasteiger charge is 2.59. The van der Waals surface area contributed by atoms with Crippen molar-refractivity contribution in [1.82, 2.24) is 9.58 Å². The molecule has 6 heteroatoms. The average Bonchev–Trinajstić information content (AvgIpc) is 3.57. The molecule has 6 rings (SSSR count). The first-order chi connectivity index (χ1) is 15.7. The summed E-state index contributed by atoms with van der Waals surface area (Å²) in [6, 6.07) is 17.7. The van der Waals surface area contributed by atoms with Crippen LogP contribution in [0.5, 0.6) is 0 Å². The van der Waals surface area contributed by atoms with E-state index in [0.29, 0.717) is 12.1 Å². The van der Waals surface area contributed by atoms with E-state index in [1.54, 1.807) is 6.21 Å². The third-order valence-corrected chi connectivity index (χ3v) is 7.06. The van der Waals surface area contributed by atoms with Gasteiger partial charge in [0.25, 0.3) is 11.8 Å². The number of rotatable bonds is 4. The molecule has 0 radical (unpaired) electrons. The second kappa shape index (κ2) is 7.03. The number of carbonyl (C=O) groups is 2. The molecule has 2 amide bonds. The van der Waals surface area contributed by atoms with Gasteiger partial charge in [0.15, 0.2) is 0 Å². The molecule has 3 aliphatic rings. The lowest BCUT2D eigenvalue weighted by Crippen LogP contribution is -2.28. The molecule has 156 valence electrons. The van der Waals surface area contributed by atoms with E-state index in [0.717, 1.165) is 33.5 Å². The van der Waals surface area contributed by atoms with Gasteiger partial charge >= 0.3 is 0 Å². The zero-order valence-corrected chi connectivity index (χ0v) is 17.3. The Bertz CT molecular complexity index is 1350. The zero-order chi connectivity index (χ0) is 21.8. The number of hydrogen-bond donors (Lipinski definition) is 0. The summed E-state index contributed by atoms with van der Waals surface area (Å²) in [5, 5.41) is 15.8. The Hall–Kier alpha value is -3.98. The van der Waals surface area contributed by atoms with Crippen LogP contribution in [0.3, 0.4) is 0 Å². The number of amides is 2. The molecule has 1 saturated carbocycles. The predicted octanol–water partition coefficient (Wildman–Crippen LogP) is 3.70. The van der Waals surface area contributed by atoms with Crippen LogP contribution in [0.1, 0.15) is 23.1 Å². The Morgan fingerprint density at radius 2 is 1.69 bits per heavy atom. The van der Waals surface area contributed by atoms with Crippen molar-refractivity contribution in [1.29, 1.82) is 5.26 Å². The Morgan fingerprint density at radius 3 is 2.44 bits per heavy atom. The minimum absolute atomic E-state index is 0.170. The molecule has 2 heterocycles. The first-order valence-electron chi connectivity index (χ1n) is 10.8. The molecule has 1 aliphatic heterocycles. The zero-order valence-electron chi connectivity index (χ0n) is 17.3. The molecule has 2 aromatic carbocycles. The molecule has 4 atom stereocenters. The lowest BCUT2D eigenvalue weighted by atomic mass is 9.85. The standard InChI is InChI=1S/C26H20N4O2/c27-12-18-5-1-2-6-19(18)14-29-15-20(21-7-3-4-8-22(21)29)13-28-30-25(31)23-16-9-10-17(11-16)24(23)26(30)32/h1-10,13,15-17,23-24H,11,14H2/b28-13-/t16-,17-,23-,24-/m0/s1. The number of hydrazone groups is 1. The molecule has 0 N–H and O–H groups in total. The Morgan fingerprint density at radius 1 is 1.00 bits per heavy atom. The van der Waals surface area contributed by atoms with E-state index in [1.165, 1.54) is 0 Å². The molecule has 32 heavy (non-hydrogen) atoms. The lowest BCUT2D eigenvalue weighted by Gasteiger charge is -2.13. The minimum atomic E-state index is -0.251. The molecule has 0 unspecified atom stereocenters. The fourth-order valence-electron chi connectivity index (χ4n) is 5.58. The van der Waals surface area contributed by atoms with E-state index in [2.05, 4.69) is 27.9 Å². The van der Waals surface area contributed by atoms with Crippen LogP contribution >= 0.6 is 0 Å². The number of para-hydroxylation sites is 1.